The zero-order valence-electron chi connectivity index (χ0n) is 15.0. The predicted octanol–water partition coefficient (Wildman–Crippen LogP) is 2.10. The molecule has 2 aromatic heterocycles. The van der Waals surface area contributed by atoms with E-state index in [-0.39, 0.29) is 11.9 Å². The highest BCUT2D eigenvalue weighted by atomic mass is 16.2. The number of carbonyl (C=O) groups is 1. The molecule has 0 unspecified atom stereocenters. The summed E-state index contributed by atoms with van der Waals surface area (Å²) in [6, 6.07) is 10.1. The lowest BCUT2D eigenvalue weighted by Gasteiger charge is -2.37. The second-order valence-corrected chi connectivity index (χ2v) is 6.72. The fourth-order valence-electron chi connectivity index (χ4n) is 3.58. The Kier molecular flexibility index (Phi) is 4.28. The first-order valence-electron chi connectivity index (χ1n) is 8.85. The van der Waals surface area contributed by atoms with Crippen LogP contribution < -0.4 is 4.90 Å². The molecule has 0 aliphatic carbocycles. The van der Waals surface area contributed by atoms with Crippen molar-refractivity contribution in [2.75, 3.05) is 25.0 Å². The zero-order valence-corrected chi connectivity index (χ0v) is 15.0. The molecule has 3 heterocycles. The Morgan fingerprint density at radius 2 is 1.92 bits per heavy atom. The van der Waals surface area contributed by atoms with Gasteiger partial charge in [-0.1, -0.05) is 12.1 Å². The third-order valence-corrected chi connectivity index (χ3v) is 5.09. The van der Waals surface area contributed by atoms with Crippen LogP contribution in [0.3, 0.4) is 0 Å². The van der Waals surface area contributed by atoms with Crippen molar-refractivity contribution in [3.05, 3.63) is 48.5 Å². The molecule has 0 saturated carbocycles. The van der Waals surface area contributed by atoms with Gasteiger partial charge in [0.2, 0.25) is 0 Å². The van der Waals surface area contributed by atoms with E-state index in [0.717, 1.165) is 42.7 Å². The van der Waals surface area contributed by atoms with Crippen molar-refractivity contribution in [1.82, 2.24) is 24.6 Å². The van der Waals surface area contributed by atoms with Gasteiger partial charge in [0, 0.05) is 44.8 Å². The van der Waals surface area contributed by atoms with Crippen LogP contribution in [0.1, 0.15) is 23.3 Å². The number of rotatable bonds is 3. The fraction of sp³-hybridized carbons (Fsp3) is 0.368. The number of anilines is 1. The molecular formula is C19H22N6O. The molecule has 0 N–H and O–H groups in total. The molecule has 134 valence electrons. The second-order valence-electron chi connectivity index (χ2n) is 6.72. The molecular weight excluding hydrogens is 328 g/mol. The summed E-state index contributed by atoms with van der Waals surface area (Å²) in [7, 11) is 3.69. The van der Waals surface area contributed by atoms with Crippen LogP contribution in [0, 0.1) is 0 Å². The third-order valence-electron chi connectivity index (χ3n) is 5.09. The third kappa shape index (κ3) is 3.00. The van der Waals surface area contributed by atoms with Gasteiger partial charge < -0.3 is 9.80 Å². The lowest BCUT2D eigenvalue weighted by atomic mass is 10.0. The van der Waals surface area contributed by atoms with E-state index in [2.05, 4.69) is 26.0 Å². The number of nitrogens with zero attached hydrogens (tertiary/aromatic N) is 6. The zero-order chi connectivity index (χ0) is 18.1. The minimum atomic E-state index is -0.0171. The SMILES string of the molecule is CN(C(=O)c1ccn(C)n1)C1CCN(c2ncnc3ccccc23)CC1. The van der Waals surface area contributed by atoms with Crippen molar-refractivity contribution in [3.8, 4) is 0 Å². The maximum absolute atomic E-state index is 12.6. The monoisotopic (exact) mass is 350 g/mol. The van der Waals surface area contributed by atoms with Crippen LogP contribution in [-0.2, 0) is 7.05 Å². The molecule has 0 spiro atoms. The highest BCUT2D eigenvalue weighted by Crippen LogP contribution is 2.26. The van der Waals surface area contributed by atoms with Gasteiger partial charge in [-0.25, -0.2) is 9.97 Å². The van der Waals surface area contributed by atoms with Crippen LogP contribution >= 0.6 is 0 Å². The van der Waals surface area contributed by atoms with Crippen LogP contribution in [0.5, 0.6) is 0 Å². The Labute approximate surface area is 152 Å². The minimum absolute atomic E-state index is 0.0171. The first kappa shape index (κ1) is 16.5. The number of benzene rings is 1. The van der Waals surface area contributed by atoms with Crippen LogP contribution in [0.2, 0.25) is 0 Å². The maximum Gasteiger partial charge on any atom is 0.274 e. The molecule has 1 saturated heterocycles. The Balaban J connectivity index is 1.46. The molecule has 3 aromatic rings. The standard InChI is InChI=1S/C19H22N6O/c1-23-10-9-17(22-23)19(26)24(2)14-7-11-25(12-8-14)18-15-5-3-4-6-16(15)20-13-21-18/h3-6,9-10,13-14H,7-8,11-12H2,1-2H3. The van der Waals surface area contributed by atoms with E-state index in [9.17, 15) is 4.79 Å². The van der Waals surface area contributed by atoms with E-state index in [1.165, 1.54) is 0 Å². The van der Waals surface area contributed by atoms with Gasteiger partial charge in [0.15, 0.2) is 0 Å². The number of para-hydroxylation sites is 1. The summed E-state index contributed by atoms with van der Waals surface area (Å²) in [6.45, 7) is 1.73. The molecule has 26 heavy (non-hydrogen) atoms. The molecule has 1 amide bonds. The van der Waals surface area contributed by atoms with Gasteiger partial charge in [-0.15, -0.1) is 0 Å². The number of hydrogen-bond donors (Lipinski definition) is 0. The van der Waals surface area contributed by atoms with Gasteiger partial charge in [0.05, 0.1) is 5.52 Å². The minimum Gasteiger partial charge on any atom is -0.356 e. The van der Waals surface area contributed by atoms with E-state index in [0.29, 0.717) is 5.69 Å². The lowest BCUT2D eigenvalue weighted by molar-refractivity contribution is 0.0702. The van der Waals surface area contributed by atoms with Gasteiger partial charge in [-0.3, -0.25) is 9.48 Å². The number of hydrogen-bond acceptors (Lipinski definition) is 5. The normalized spacial score (nSPS) is 15.4. The van der Waals surface area contributed by atoms with E-state index in [1.807, 2.05) is 37.2 Å². The van der Waals surface area contributed by atoms with Crippen molar-refractivity contribution in [2.45, 2.75) is 18.9 Å². The molecule has 0 radical (unpaired) electrons. The van der Waals surface area contributed by atoms with E-state index < -0.39 is 0 Å². The Bertz CT molecular complexity index is 923. The summed E-state index contributed by atoms with van der Waals surface area (Å²) in [5.41, 5.74) is 1.46. The summed E-state index contributed by atoms with van der Waals surface area (Å²) in [5, 5.41) is 5.30. The molecule has 1 aromatic carbocycles. The Morgan fingerprint density at radius 3 is 2.65 bits per heavy atom. The number of fused-ring (bicyclic) bond motifs is 1. The fourth-order valence-corrected chi connectivity index (χ4v) is 3.58. The largest absolute Gasteiger partial charge is 0.356 e. The van der Waals surface area contributed by atoms with Crippen molar-refractivity contribution in [1.29, 1.82) is 0 Å². The maximum atomic E-state index is 12.6. The first-order chi connectivity index (χ1) is 12.6. The molecule has 1 aliphatic rings. The van der Waals surface area contributed by atoms with Crippen LogP contribution in [0.15, 0.2) is 42.9 Å². The van der Waals surface area contributed by atoms with E-state index in [1.54, 1.807) is 23.3 Å². The van der Waals surface area contributed by atoms with Crippen LogP contribution in [-0.4, -0.2) is 56.7 Å². The van der Waals surface area contributed by atoms with E-state index in [4.69, 9.17) is 0 Å². The Morgan fingerprint density at radius 1 is 1.15 bits per heavy atom. The summed E-state index contributed by atoms with van der Waals surface area (Å²) in [4.78, 5) is 25.6. The summed E-state index contributed by atoms with van der Waals surface area (Å²) < 4.78 is 1.66. The number of aromatic nitrogens is 4. The summed E-state index contributed by atoms with van der Waals surface area (Å²) in [6.07, 6.45) is 5.24. The van der Waals surface area contributed by atoms with E-state index >= 15 is 0 Å². The molecule has 0 atom stereocenters. The lowest BCUT2D eigenvalue weighted by Crippen LogP contribution is -2.46. The molecule has 0 bridgehead atoms. The highest BCUT2D eigenvalue weighted by Gasteiger charge is 2.28. The predicted molar refractivity (Wildman–Crippen MR) is 100 cm³/mol. The highest BCUT2D eigenvalue weighted by molar-refractivity contribution is 5.92. The van der Waals surface area contributed by atoms with Crippen molar-refractivity contribution < 1.29 is 4.79 Å². The van der Waals surface area contributed by atoms with Gasteiger partial charge in [0.1, 0.15) is 17.8 Å². The quantitative estimate of drug-likeness (QED) is 0.724. The number of aryl methyl sites for hydroxylation is 1. The van der Waals surface area contributed by atoms with Crippen molar-refractivity contribution in [2.24, 2.45) is 7.05 Å². The summed E-state index contributed by atoms with van der Waals surface area (Å²) in [5.74, 6) is 0.962. The molecule has 7 heteroatoms. The van der Waals surface area contributed by atoms with Gasteiger partial charge in [-0.2, -0.15) is 5.10 Å². The molecule has 1 fully saturated rings. The number of amides is 1. The van der Waals surface area contributed by atoms with Crippen LogP contribution in [0.4, 0.5) is 5.82 Å². The van der Waals surface area contributed by atoms with Crippen LogP contribution in [0.25, 0.3) is 10.9 Å². The van der Waals surface area contributed by atoms with Gasteiger partial charge in [0.25, 0.3) is 5.91 Å². The summed E-state index contributed by atoms with van der Waals surface area (Å²) >= 11 is 0. The van der Waals surface area contributed by atoms with Gasteiger partial charge in [-0.05, 0) is 31.0 Å². The average molecular weight is 350 g/mol. The van der Waals surface area contributed by atoms with Crippen molar-refractivity contribution >= 4 is 22.6 Å². The average Bonchev–Trinajstić information content (AvgIpc) is 3.13. The number of piperidine rings is 1. The number of carbonyl (C=O) groups excluding carboxylic acids is 1. The molecule has 1 aliphatic heterocycles. The second kappa shape index (κ2) is 6.74. The molecule has 4 rings (SSSR count). The molecule has 7 nitrogen and oxygen atoms in total. The smallest absolute Gasteiger partial charge is 0.274 e. The first-order valence-corrected chi connectivity index (χ1v) is 8.85. The Hall–Kier alpha value is -2.96. The van der Waals surface area contributed by atoms with Gasteiger partial charge >= 0.3 is 0 Å². The van der Waals surface area contributed by atoms with Crippen molar-refractivity contribution in [3.63, 3.8) is 0 Å². The topological polar surface area (TPSA) is 67.2 Å².